The van der Waals surface area contributed by atoms with Crippen LogP contribution in [0.15, 0.2) is 95.0 Å². The van der Waals surface area contributed by atoms with E-state index < -0.39 is 18.6 Å². The SMILES string of the molecule is CC(C)C1=Cc2cccc3nc(-c4[c-]cccc4)n(c23)C1(C)C.[2H]C([2H])([2H])c1ccc2c(n1)oc1c(-c3cc(C([2H])([2H])C(C)(C)C)ccn3)[c-]ccc12.[Ir]. The van der Waals surface area contributed by atoms with Crippen LogP contribution in [0.25, 0.3) is 61.8 Å². The first-order valence-electron chi connectivity index (χ1n) is 18.8. The Kier molecular flexibility index (Phi) is 7.64. The Labute approximate surface area is 309 Å². The van der Waals surface area contributed by atoms with Gasteiger partial charge in [-0.15, -0.1) is 54.1 Å². The number of benzene rings is 3. The van der Waals surface area contributed by atoms with Gasteiger partial charge in [0.15, 0.2) is 0 Å². The largest absolute Gasteiger partial charge is 0.486 e. The van der Waals surface area contributed by atoms with Crippen LogP contribution >= 0.6 is 0 Å². The monoisotopic (exact) mass is 828 g/mol. The van der Waals surface area contributed by atoms with E-state index in [0.29, 0.717) is 33.7 Å². The first-order valence-corrected chi connectivity index (χ1v) is 16.3. The van der Waals surface area contributed by atoms with Crippen molar-refractivity contribution in [2.45, 2.75) is 67.2 Å². The van der Waals surface area contributed by atoms with Crippen molar-refractivity contribution >= 4 is 39.2 Å². The van der Waals surface area contributed by atoms with Crippen LogP contribution in [0, 0.1) is 30.3 Å². The van der Waals surface area contributed by atoms with Crippen molar-refractivity contribution < 1.29 is 31.4 Å². The summed E-state index contributed by atoms with van der Waals surface area (Å²) >= 11 is 0. The molecular weight excluding hydrogens is 781 g/mol. The van der Waals surface area contributed by atoms with E-state index in [-0.39, 0.29) is 37.1 Å². The Hall–Kier alpha value is -4.38. The number of nitrogens with zero attached hydrogens (tertiary/aromatic N) is 4. The van der Waals surface area contributed by atoms with Gasteiger partial charge in [0.1, 0.15) is 0 Å². The maximum Gasteiger partial charge on any atom is 0.216 e. The molecule has 0 amide bonds. The topological polar surface area (TPSA) is 56.7 Å². The maximum atomic E-state index is 8.55. The number of furan rings is 1. The number of hydrogen-bond acceptors (Lipinski definition) is 4. The molecule has 4 aromatic heterocycles. The van der Waals surface area contributed by atoms with Crippen molar-refractivity contribution in [2.75, 3.05) is 0 Å². The number of imidazole rings is 1. The molecule has 0 N–H and O–H groups in total. The summed E-state index contributed by atoms with van der Waals surface area (Å²) in [5.74, 6) is 1.49. The zero-order valence-electron chi connectivity index (χ0n) is 33.8. The molecule has 0 saturated carbocycles. The molecule has 5 nitrogen and oxygen atoms in total. The predicted octanol–water partition coefficient (Wildman–Crippen LogP) is 11.0. The fraction of sp³-hybridized carbons (Fsp3) is 0.279. The molecule has 0 saturated heterocycles. The minimum atomic E-state index is -2.32. The van der Waals surface area contributed by atoms with Crippen molar-refractivity contribution in [2.24, 2.45) is 11.3 Å². The van der Waals surface area contributed by atoms with Gasteiger partial charge >= 0.3 is 0 Å². The Morgan fingerprint density at radius 2 is 1.80 bits per heavy atom. The molecule has 8 rings (SSSR count). The molecule has 0 spiro atoms. The number of aryl methyl sites for hydroxylation is 1. The van der Waals surface area contributed by atoms with Crippen LogP contribution in [0.5, 0.6) is 0 Å². The van der Waals surface area contributed by atoms with Crippen LogP contribution < -0.4 is 0 Å². The molecule has 0 atom stereocenters. The molecule has 3 aromatic carbocycles. The van der Waals surface area contributed by atoms with Crippen molar-refractivity contribution in [1.29, 1.82) is 0 Å². The van der Waals surface area contributed by atoms with Crippen LogP contribution in [0.1, 0.15) is 72.1 Å². The van der Waals surface area contributed by atoms with Gasteiger partial charge in [-0.2, -0.15) is 0 Å². The van der Waals surface area contributed by atoms with Crippen molar-refractivity contribution in [3.8, 4) is 22.6 Å². The van der Waals surface area contributed by atoms with Gasteiger partial charge in [0.05, 0.1) is 28.0 Å². The third-order valence-corrected chi connectivity index (χ3v) is 8.69. The summed E-state index contributed by atoms with van der Waals surface area (Å²) < 4.78 is 48.2. The Balaban J connectivity index is 0.000000187. The van der Waals surface area contributed by atoms with E-state index >= 15 is 0 Å². The molecule has 0 fully saturated rings. The van der Waals surface area contributed by atoms with Gasteiger partial charge in [-0.1, -0.05) is 75.4 Å². The summed E-state index contributed by atoms with van der Waals surface area (Å²) in [4.78, 5) is 13.5. The normalized spacial score (nSPS) is 15.8. The fourth-order valence-corrected chi connectivity index (χ4v) is 6.76. The molecule has 0 aliphatic carbocycles. The minimum absolute atomic E-state index is 0. The van der Waals surface area contributed by atoms with Gasteiger partial charge in [0.25, 0.3) is 0 Å². The average Bonchev–Trinajstić information content (AvgIpc) is 3.70. The predicted molar refractivity (Wildman–Crippen MR) is 198 cm³/mol. The van der Waals surface area contributed by atoms with E-state index in [0.717, 1.165) is 22.3 Å². The third kappa shape index (κ3) is 6.52. The summed E-state index contributed by atoms with van der Waals surface area (Å²) in [6.07, 6.45) is 2.37. The summed E-state index contributed by atoms with van der Waals surface area (Å²) in [5.41, 5.74) is 7.66. The molecule has 5 heterocycles. The Morgan fingerprint density at radius 1 is 0.959 bits per heavy atom. The summed E-state index contributed by atoms with van der Waals surface area (Å²) in [7, 11) is 0. The van der Waals surface area contributed by atoms with Gasteiger partial charge < -0.3 is 14.0 Å². The van der Waals surface area contributed by atoms with Crippen LogP contribution in [0.4, 0.5) is 0 Å². The number of para-hydroxylation sites is 1. The molecule has 6 heteroatoms. The summed E-state index contributed by atoms with van der Waals surface area (Å²) in [6, 6.07) is 31.1. The molecule has 251 valence electrons. The first-order chi connectivity index (χ1) is 24.9. The van der Waals surface area contributed by atoms with E-state index in [9.17, 15) is 0 Å². The van der Waals surface area contributed by atoms with Crippen molar-refractivity contribution in [3.63, 3.8) is 0 Å². The number of pyridine rings is 2. The zero-order chi connectivity index (χ0) is 38.1. The fourth-order valence-electron chi connectivity index (χ4n) is 6.76. The maximum absolute atomic E-state index is 8.55. The number of hydrogen-bond donors (Lipinski definition) is 0. The average molecular weight is 828 g/mol. The molecule has 0 unspecified atom stereocenters. The molecule has 7 aromatic rings. The molecular formula is C43H42IrN4O-2. The Morgan fingerprint density at radius 3 is 2.53 bits per heavy atom. The summed E-state index contributed by atoms with van der Waals surface area (Å²) in [5, 5.41) is 1.48. The second-order valence-electron chi connectivity index (χ2n) is 14.1. The standard InChI is InChI=1S/C22H21N2O.C21H21N2.Ir/c1-14-8-9-17-16-6-5-7-18(20(16)25-21(17)24-14)19-12-15(10-11-23-19)13-22(2,3)4;1-14(2)17-13-16-11-8-12-18-19(16)23(21(17,3)4)20(22-18)15-9-6-5-7-10-15;/h5-6,8-12H,13H2,1-4H3;5-9,11-14H,1-4H3;/q2*-1;/i1D3,13D2;;. The number of aromatic nitrogens is 4. The Bertz CT molecular complexity index is 2530. The zero-order valence-corrected chi connectivity index (χ0v) is 31.2. The number of fused-ring (bicyclic) bond motifs is 3. The number of rotatable bonds is 4. The van der Waals surface area contributed by atoms with E-state index in [2.05, 4.69) is 84.7 Å². The van der Waals surface area contributed by atoms with Crippen molar-refractivity contribution in [1.82, 2.24) is 19.5 Å². The quantitative estimate of drug-likeness (QED) is 0.166. The van der Waals surface area contributed by atoms with E-state index in [1.54, 1.807) is 30.5 Å². The van der Waals surface area contributed by atoms with Gasteiger partial charge in [0, 0.05) is 44.2 Å². The van der Waals surface area contributed by atoms with Gasteiger partial charge in [-0.05, 0) is 79.5 Å². The van der Waals surface area contributed by atoms with E-state index in [1.165, 1.54) is 22.7 Å². The van der Waals surface area contributed by atoms with Crippen LogP contribution in [-0.4, -0.2) is 19.5 Å². The van der Waals surface area contributed by atoms with Gasteiger partial charge in [-0.3, -0.25) is 4.98 Å². The van der Waals surface area contributed by atoms with Gasteiger partial charge in [-0.25, -0.2) is 4.98 Å². The second kappa shape index (κ2) is 13.2. The third-order valence-electron chi connectivity index (χ3n) is 8.69. The van der Waals surface area contributed by atoms with Crippen LogP contribution in [0.3, 0.4) is 0 Å². The first kappa shape index (κ1) is 28.5. The van der Waals surface area contributed by atoms with E-state index in [4.69, 9.17) is 16.3 Å². The molecule has 49 heavy (non-hydrogen) atoms. The molecule has 1 aliphatic heterocycles. The van der Waals surface area contributed by atoms with Gasteiger partial charge in [0.2, 0.25) is 5.71 Å². The number of allylic oxidation sites excluding steroid dienone is 1. The van der Waals surface area contributed by atoms with Crippen LogP contribution in [-0.2, 0) is 32.0 Å². The van der Waals surface area contributed by atoms with Crippen molar-refractivity contribution in [3.05, 3.63) is 120 Å². The molecule has 1 radical (unpaired) electrons. The molecule has 0 bridgehead atoms. The van der Waals surface area contributed by atoms with E-state index in [1.807, 2.05) is 45.0 Å². The smallest absolute Gasteiger partial charge is 0.216 e. The second-order valence-corrected chi connectivity index (χ2v) is 14.1. The molecule has 1 aliphatic rings. The summed E-state index contributed by atoms with van der Waals surface area (Å²) in [6.45, 7) is 12.4. The van der Waals surface area contributed by atoms with Crippen LogP contribution in [0.2, 0.25) is 0 Å². The minimum Gasteiger partial charge on any atom is -0.486 e.